The van der Waals surface area contributed by atoms with Gasteiger partial charge in [-0.05, 0) is 30.7 Å². The molecule has 0 aromatic heterocycles. The first kappa shape index (κ1) is 15.0. The predicted octanol–water partition coefficient (Wildman–Crippen LogP) is 3.27. The van der Waals surface area contributed by atoms with Crippen LogP contribution in [0.2, 0.25) is 0 Å². The zero-order valence-corrected chi connectivity index (χ0v) is 12.2. The predicted molar refractivity (Wildman–Crippen MR) is 83.6 cm³/mol. The number of nitro groups is 1. The highest BCUT2D eigenvalue weighted by Gasteiger charge is 2.18. The highest BCUT2D eigenvalue weighted by molar-refractivity contribution is 6.01. The minimum atomic E-state index is -0.488. The molecule has 23 heavy (non-hydrogen) atoms. The van der Waals surface area contributed by atoms with Gasteiger partial charge in [0, 0.05) is 25.2 Å². The number of nitrogens with zero attached hydrogens (tertiary/aromatic N) is 2. The maximum atomic E-state index is 14.2. The summed E-state index contributed by atoms with van der Waals surface area (Å²) >= 11 is 0. The van der Waals surface area contributed by atoms with Gasteiger partial charge >= 0.3 is 0 Å². The number of halogens is 1. The molecular formula is C16H14FN3O3. The number of rotatable bonds is 4. The number of amidine groups is 1. The van der Waals surface area contributed by atoms with Crippen molar-refractivity contribution in [2.45, 2.75) is 6.42 Å². The lowest BCUT2D eigenvalue weighted by atomic mass is 10.1. The number of aliphatic imine (C=N–C) groups is 1. The molecule has 1 aliphatic rings. The van der Waals surface area contributed by atoms with Crippen LogP contribution in [0.1, 0.15) is 12.0 Å². The van der Waals surface area contributed by atoms with Crippen LogP contribution in [0.5, 0.6) is 11.5 Å². The quantitative estimate of drug-likeness (QED) is 0.694. The number of benzene rings is 2. The Hall–Kier alpha value is -2.96. The fourth-order valence-electron chi connectivity index (χ4n) is 2.28. The highest BCUT2D eigenvalue weighted by atomic mass is 19.1. The van der Waals surface area contributed by atoms with Gasteiger partial charge in [-0.25, -0.2) is 4.39 Å². The van der Waals surface area contributed by atoms with E-state index in [4.69, 9.17) is 4.74 Å². The first-order valence-electron chi connectivity index (χ1n) is 7.14. The Bertz CT molecular complexity index is 760. The second-order valence-electron chi connectivity index (χ2n) is 4.98. The molecule has 2 aromatic rings. The van der Waals surface area contributed by atoms with Crippen molar-refractivity contribution < 1.29 is 14.1 Å². The topological polar surface area (TPSA) is 76.8 Å². The van der Waals surface area contributed by atoms with Gasteiger partial charge < -0.3 is 10.1 Å². The van der Waals surface area contributed by atoms with Crippen LogP contribution in [0.25, 0.3) is 0 Å². The fraction of sp³-hybridized carbons (Fsp3) is 0.188. The molecule has 0 saturated heterocycles. The van der Waals surface area contributed by atoms with E-state index in [1.807, 2.05) is 0 Å². The molecule has 2 aromatic carbocycles. The van der Waals surface area contributed by atoms with E-state index < -0.39 is 10.7 Å². The summed E-state index contributed by atoms with van der Waals surface area (Å²) in [6.45, 7) is 1.36. The van der Waals surface area contributed by atoms with E-state index in [2.05, 4.69) is 10.3 Å². The van der Waals surface area contributed by atoms with Gasteiger partial charge in [0.1, 0.15) is 23.2 Å². The van der Waals surface area contributed by atoms with Gasteiger partial charge in [-0.2, -0.15) is 0 Å². The fourth-order valence-corrected chi connectivity index (χ4v) is 2.28. The SMILES string of the molecule is O=[N+]([O-])c1ccc(Oc2cccc(F)c2C2=NCCCN2)cc1. The summed E-state index contributed by atoms with van der Waals surface area (Å²) in [6.07, 6.45) is 0.899. The molecule has 0 fully saturated rings. The Labute approximate surface area is 131 Å². The summed E-state index contributed by atoms with van der Waals surface area (Å²) in [4.78, 5) is 14.5. The summed E-state index contributed by atoms with van der Waals surface area (Å²) in [7, 11) is 0. The Balaban J connectivity index is 1.92. The smallest absolute Gasteiger partial charge is 0.269 e. The van der Waals surface area contributed by atoms with Gasteiger partial charge in [0.15, 0.2) is 0 Å². The molecule has 0 amide bonds. The van der Waals surface area contributed by atoms with Crippen LogP contribution in [-0.4, -0.2) is 23.8 Å². The molecule has 0 atom stereocenters. The first-order chi connectivity index (χ1) is 11.1. The summed E-state index contributed by atoms with van der Waals surface area (Å²) < 4.78 is 19.9. The molecule has 0 spiro atoms. The molecule has 1 aliphatic heterocycles. The molecule has 0 radical (unpaired) electrons. The molecule has 0 unspecified atom stereocenters. The summed E-state index contributed by atoms with van der Waals surface area (Å²) in [5, 5.41) is 13.7. The van der Waals surface area contributed by atoms with Crippen molar-refractivity contribution in [3.8, 4) is 11.5 Å². The summed E-state index contributed by atoms with van der Waals surface area (Å²) in [5.41, 5.74) is 0.237. The molecule has 1 heterocycles. The van der Waals surface area contributed by atoms with Crippen molar-refractivity contribution in [3.05, 3.63) is 64.0 Å². The Morgan fingerprint density at radius 2 is 2.00 bits per heavy atom. The van der Waals surface area contributed by atoms with Crippen molar-refractivity contribution in [1.29, 1.82) is 0 Å². The molecule has 3 rings (SSSR count). The minimum Gasteiger partial charge on any atom is -0.456 e. The van der Waals surface area contributed by atoms with E-state index in [9.17, 15) is 14.5 Å². The molecule has 0 saturated carbocycles. The van der Waals surface area contributed by atoms with Crippen LogP contribution in [0.3, 0.4) is 0 Å². The minimum absolute atomic E-state index is 0.0323. The number of non-ortho nitro benzene ring substituents is 1. The number of nitro benzene ring substituents is 1. The monoisotopic (exact) mass is 315 g/mol. The van der Waals surface area contributed by atoms with Crippen LogP contribution in [0.4, 0.5) is 10.1 Å². The van der Waals surface area contributed by atoms with Gasteiger partial charge in [-0.15, -0.1) is 0 Å². The molecule has 7 heteroatoms. The number of ether oxygens (including phenoxy) is 1. The second kappa shape index (κ2) is 6.43. The van der Waals surface area contributed by atoms with Gasteiger partial charge in [0.05, 0.1) is 10.5 Å². The average molecular weight is 315 g/mol. The number of hydrogen-bond acceptors (Lipinski definition) is 5. The van der Waals surface area contributed by atoms with Crippen LogP contribution in [-0.2, 0) is 0 Å². The van der Waals surface area contributed by atoms with E-state index >= 15 is 0 Å². The molecule has 118 valence electrons. The Morgan fingerprint density at radius 1 is 1.22 bits per heavy atom. The standard InChI is InChI=1S/C16H14FN3O3/c17-13-3-1-4-14(15(13)16-18-9-2-10-19-16)23-12-7-5-11(6-8-12)20(21)22/h1,3-8H,2,9-10H2,(H,18,19). The summed E-state index contributed by atoms with van der Waals surface area (Å²) in [5.74, 6) is 0.731. The lowest BCUT2D eigenvalue weighted by molar-refractivity contribution is -0.384. The van der Waals surface area contributed by atoms with E-state index in [0.29, 0.717) is 23.9 Å². The third-order valence-corrected chi connectivity index (χ3v) is 3.38. The lowest BCUT2D eigenvalue weighted by Gasteiger charge is -2.18. The van der Waals surface area contributed by atoms with Crippen LogP contribution in [0, 0.1) is 15.9 Å². The third-order valence-electron chi connectivity index (χ3n) is 3.38. The normalized spacial score (nSPS) is 13.9. The van der Waals surface area contributed by atoms with E-state index in [1.165, 1.54) is 30.3 Å². The van der Waals surface area contributed by atoms with Crippen molar-refractivity contribution in [1.82, 2.24) is 5.32 Å². The second-order valence-corrected chi connectivity index (χ2v) is 4.98. The van der Waals surface area contributed by atoms with Gasteiger partial charge in [0.2, 0.25) is 0 Å². The maximum absolute atomic E-state index is 14.2. The maximum Gasteiger partial charge on any atom is 0.269 e. The largest absolute Gasteiger partial charge is 0.456 e. The van der Waals surface area contributed by atoms with E-state index in [0.717, 1.165) is 13.0 Å². The lowest BCUT2D eigenvalue weighted by Crippen LogP contribution is -2.31. The van der Waals surface area contributed by atoms with Crippen LogP contribution < -0.4 is 10.1 Å². The first-order valence-corrected chi connectivity index (χ1v) is 7.14. The van der Waals surface area contributed by atoms with Crippen LogP contribution >= 0.6 is 0 Å². The average Bonchev–Trinajstić information content (AvgIpc) is 2.56. The molecule has 6 nitrogen and oxygen atoms in total. The zero-order valence-electron chi connectivity index (χ0n) is 12.2. The Morgan fingerprint density at radius 3 is 2.65 bits per heavy atom. The Kier molecular flexibility index (Phi) is 4.18. The van der Waals surface area contributed by atoms with Crippen molar-refractivity contribution in [2.24, 2.45) is 4.99 Å². The van der Waals surface area contributed by atoms with E-state index in [1.54, 1.807) is 12.1 Å². The zero-order chi connectivity index (χ0) is 16.2. The number of hydrogen-bond donors (Lipinski definition) is 1. The van der Waals surface area contributed by atoms with Crippen LogP contribution in [0.15, 0.2) is 47.5 Å². The van der Waals surface area contributed by atoms with Crippen molar-refractivity contribution in [2.75, 3.05) is 13.1 Å². The molecule has 0 bridgehead atoms. The molecule has 0 aliphatic carbocycles. The molecule has 1 N–H and O–H groups in total. The third kappa shape index (κ3) is 3.28. The highest BCUT2D eigenvalue weighted by Crippen LogP contribution is 2.29. The van der Waals surface area contributed by atoms with Gasteiger partial charge in [0.25, 0.3) is 5.69 Å². The van der Waals surface area contributed by atoms with Crippen molar-refractivity contribution in [3.63, 3.8) is 0 Å². The molecular weight excluding hydrogens is 301 g/mol. The number of nitrogens with one attached hydrogen (secondary N) is 1. The van der Waals surface area contributed by atoms with E-state index in [-0.39, 0.29) is 11.3 Å². The van der Waals surface area contributed by atoms with Crippen molar-refractivity contribution >= 4 is 11.5 Å². The van der Waals surface area contributed by atoms with Gasteiger partial charge in [-0.3, -0.25) is 15.1 Å². The van der Waals surface area contributed by atoms with Gasteiger partial charge in [-0.1, -0.05) is 6.07 Å². The summed E-state index contributed by atoms with van der Waals surface area (Å²) in [6, 6.07) is 10.2.